The van der Waals surface area contributed by atoms with Crippen LogP contribution in [0.3, 0.4) is 0 Å². The highest BCUT2D eigenvalue weighted by molar-refractivity contribution is 6.10. The minimum Gasteiger partial charge on any atom is -0.477 e. The molecule has 1 rings (SSSR count). The van der Waals surface area contributed by atoms with Crippen molar-refractivity contribution in [2.75, 3.05) is 0 Å². The molecular weight excluding hydrogens is 204 g/mol. The molecule has 0 saturated heterocycles. The number of carbonyl (C=O) groups is 1. The van der Waals surface area contributed by atoms with Crippen LogP contribution in [0.5, 0.6) is 0 Å². The maximum absolute atomic E-state index is 10.5. The topological polar surface area (TPSA) is 62.5 Å². The number of hydrogen-bond acceptors (Lipinski definition) is 3. The average molecular weight is 216 g/mol. The van der Waals surface area contributed by atoms with Crippen molar-refractivity contribution in [3.8, 4) is 0 Å². The summed E-state index contributed by atoms with van der Waals surface area (Å²) in [6.07, 6.45) is 3.06. The highest BCUT2D eigenvalue weighted by Gasteiger charge is 2.03. The quantitative estimate of drug-likeness (QED) is 0.619. The Hall–Kier alpha value is -2.23. The molecule has 0 amide bonds. The molecule has 0 atom stereocenters. The smallest absolute Gasteiger partial charge is 0.353 e. The molecule has 0 spiro atoms. The van der Waals surface area contributed by atoms with E-state index in [1.807, 2.05) is 13.0 Å². The van der Waals surface area contributed by atoms with Gasteiger partial charge in [-0.3, -0.25) is 4.98 Å². The van der Waals surface area contributed by atoms with Gasteiger partial charge in [-0.15, -0.1) is 0 Å². The van der Waals surface area contributed by atoms with Crippen LogP contribution in [0.4, 0.5) is 0 Å². The molecule has 0 unspecified atom stereocenters. The van der Waals surface area contributed by atoms with E-state index in [2.05, 4.69) is 23.1 Å². The van der Waals surface area contributed by atoms with Crippen LogP contribution in [0.15, 0.2) is 42.2 Å². The van der Waals surface area contributed by atoms with Gasteiger partial charge in [0.25, 0.3) is 0 Å². The summed E-state index contributed by atoms with van der Waals surface area (Å²) in [5, 5.41) is 8.56. The third-order valence-electron chi connectivity index (χ3n) is 1.98. The van der Waals surface area contributed by atoms with E-state index in [1.54, 1.807) is 12.3 Å². The summed E-state index contributed by atoms with van der Waals surface area (Å²) < 4.78 is 0. The zero-order valence-electron chi connectivity index (χ0n) is 8.97. The molecule has 0 aliphatic rings. The lowest BCUT2D eigenvalue weighted by Gasteiger charge is -2.02. The van der Waals surface area contributed by atoms with Gasteiger partial charge >= 0.3 is 5.97 Å². The van der Waals surface area contributed by atoms with Gasteiger partial charge in [-0.25, -0.2) is 9.79 Å². The van der Waals surface area contributed by atoms with E-state index in [0.717, 1.165) is 11.3 Å². The summed E-state index contributed by atoms with van der Waals surface area (Å²) in [4.78, 5) is 18.3. The predicted molar refractivity (Wildman–Crippen MR) is 63.3 cm³/mol. The number of aryl methyl sites for hydroxylation is 1. The summed E-state index contributed by atoms with van der Waals surface area (Å²) in [5.74, 6) is -1.15. The summed E-state index contributed by atoms with van der Waals surface area (Å²) in [6.45, 7) is 8.93. The van der Waals surface area contributed by atoms with Crippen LogP contribution in [-0.2, 0) is 4.79 Å². The molecule has 1 heterocycles. The first kappa shape index (κ1) is 11.8. The Balaban J connectivity index is 2.85. The van der Waals surface area contributed by atoms with Crippen LogP contribution in [0, 0.1) is 6.92 Å². The Morgan fingerprint density at radius 3 is 2.81 bits per heavy atom. The minimum absolute atomic E-state index is 0.220. The molecule has 0 aliphatic heterocycles. The largest absolute Gasteiger partial charge is 0.477 e. The Morgan fingerprint density at radius 2 is 2.25 bits per heavy atom. The van der Waals surface area contributed by atoms with Crippen LogP contribution < -0.4 is 0 Å². The minimum atomic E-state index is -1.15. The third-order valence-corrected chi connectivity index (χ3v) is 1.98. The second-order valence-electron chi connectivity index (χ2n) is 3.17. The number of aliphatic carboxylic acids is 1. The van der Waals surface area contributed by atoms with Crippen molar-refractivity contribution in [3.63, 3.8) is 0 Å². The molecule has 1 N–H and O–H groups in total. The lowest BCUT2D eigenvalue weighted by molar-refractivity contribution is -0.132. The van der Waals surface area contributed by atoms with E-state index in [0.29, 0.717) is 5.57 Å². The zero-order valence-corrected chi connectivity index (χ0v) is 8.97. The number of pyridine rings is 1. The van der Waals surface area contributed by atoms with Gasteiger partial charge in [-0.2, -0.15) is 0 Å². The van der Waals surface area contributed by atoms with E-state index in [1.165, 1.54) is 6.21 Å². The van der Waals surface area contributed by atoms with Crippen LogP contribution >= 0.6 is 0 Å². The number of aromatic nitrogens is 1. The average Bonchev–Trinajstić information content (AvgIpc) is 2.25. The van der Waals surface area contributed by atoms with Crippen molar-refractivity contribution in [2.24, 2.45) is 4.99 Å². The number of carboxylic acid groups (broad SMARTS) is 1. The van der Waals surface area contributed by atoms with Crippen molar-refractivity contribution in [2.45, 2.75) is 6.92 Å². The van der Waals surface area contributed by atoms with Crippen molar-refractivity contribution >= 4 is 17.8 Å². The van der Waals surface area contributed by atoms with Crippen molar-refractivity contribution in [3.05, 3.63) is 48.4 Å². The van der Waals surface area contributed by atoms with Crippen LogP contribution in [0.2, 0.25) is 0 Å². The fourth-order valence-electron chi connectivity index (χ4n) is 1.10. The summed E-state index contributed by atoms with van der Waals surface area (Å²) in [7, 11) is 0. The maximum Gasteiger partial charge on any atom is 0.353 e. The van der Waals surface area contributed by atoms with Crippen LogP contribution in [0.25, 0.3) is 5.57 Å². The first-order valence-electron chi connectivity index (χ1n) is 4.59. The van der Waals surface area contributed by atoms with Crippen molar-refractivity contribution in [1.82, 2.24) is 4.98 Å². The summed E-state index contributed by atoms with van der Waals surface area (Å²) in [5.41, 5.74) is 2.04. The molecule has 0 aliphatic carbocycles. The fourth-order valence-corrected chi connectivity index (χ4v) is 1.10. The molecule has 0 fully saturated rings. The molecule has 0 bridgehead atoms. The molecular formula is C12H12N2O2. The van der Waals surface area contributed by atoms with Crippen molar-refractivity contribution in [1.29, 1.82) is 0 Å². The van der Waals surface area contributed by atoms with E-state index < -0.39 is 5.97 Å². The molecule has 4 heteroatoms. The van der Waals surface area contributed by atoms with E-state index >= 15 is 0 Å². The highest BCUT2D eigenvalue weighted by Crippen LogP contribution is 2.13. The Kier molecular flexibility index (Phi) is 3.72. The summed E-state index contributed by atoms with van der Waals surface area (Å²) in [6, 6.07) is 3.63. The molecule has 0 aromatic carbocycles. The SMILES string of the molecule is C=C(N=CC(=C)c1cccnc1C)C(=O)O. The van der Waals surface area contributed by atoms with Gasteiger partial charge in [-0.1, -0.05) is 19.2 Å². The first-order chi connectivity index (χ1) is 7.52. The number of carboxylic acids is 1. The normalized spacial score (nSPS) is 10.3. The molecule has 1 aromatic heterocycles. The molecule has 0 saturated carbocycles. The van der Waals surface area contributed by atoms with E-state index in [9.17, 15) is 4.79 Å². The molecule has 82 valence electrons. The number of aliphatic imine (C=N–C) groups is 1. The van der Waals surface area contributed by atoms with Gasteiger partial charge in [0.1, 0.15) is 5.70 Å². The Bertz CT molecular complexity index is 476. The molecule has 1 aromatic rings. The fraction of sp³-hybridized carbons (Fsp3) is 0.0833. The van der Waals surface area contributed by atoms with Gasteiger partial charge in [0.15, 0.2) is 0 Å². The number of allylic oxidation sites excluding steroid dienone is 1. The second kappa shape index (κ2) is 5.02. The lowest BCUT2D eigenvalue weighted by Crippen LogP contribution is -1.97. The molecule has 4 nitrogen and oxygen atoms in total. The third kappa shape index (κ3) is 2.88. The highest BCUT2D eigenvalue weighted by atomic mass is 16.4. The van der Waals surface area contributed by atoms with Gasteiger partial charge in [0.2, 0.25) is 0 Å². The van der Waals surface area contributed by atoms with Crippen molar-refractivity contribution < 1.29 is 9.90 Å². The van der Waals surface area contributed by atoms with Gasteiger partial charge in [-0.05, 0) is 18.6 Å². The zero-order chi connectivity index (χ0) is 12.1. The van der Waals surface area contributed by atoms with Gasteiger partial charge < -0.3 is 5.11 Å². The Morgan fingerprint density at radius 1 is 1.56 bits per heavy atom. The van der Waals surface area contributed by atoms with E-state index in [4.69, 9.17) is 5.11 Å². The molecule has 0 radical (unpaired) electrons. The van der Waals surface area contributed by atoms with Gasteiger partial charge in [0, 0.05) is 23.7 Å². The summed E-state index contributed by atoms with van der Waals surface area (Å²) >= 11 is 0. The standard InChI is InChI=1S/C12H12N2O2/c1-8(7-14-10(3)12(15)16)11-5-4-6-13-9(11)2/h4-7H,1,3H2,2H3,(H,15,16). The number of nitrogens with zero attached hydrogens (tertiary/aromatic N) is 2. The first-order valence-corrected chi connectivity index (χ1v) is 4.59. The van der Waals surface area contributed by atoms with Crippen LogP contribution in [-0.4, -0.2) is 22.3 Å². The predicted octanol–water partition coefficient (Wildman–Crippen LogP) is 2.07. The van der Waals surface area contributed by atoms with Gasteiger partial charge in [0.05, 0.1) is 0 Å². The molecule has 16 heavy (non-hydrogen) atoms. The van der Waals surface area contributed by atoms with Crippen LogP contribution in [0.1, 0.15) is 11.3 Å². The lowest BCUT2D eigenvalue weighted by atomic mass is 10.1. The Labute approximate surface area is 93.7 Å². The number of hydrogen-bond donors (Lipinski definition) is 1. The number of rotatable bonds is 4. The maximum atomic E-state index is 10.5. The second-order valence-corrected chi connectivity index (χ2v) is 3.17. The van der Waals surface area contributed by atoms with E-state index in [-0.39, 0.29) is 5.70 Å². The monoisotopic (exact) mass is 216 g/mol.